The average molecular weight is 597 g/mol. The standard InChI is InChI=1S/C9H14N4.CH2O3.2HI.Rh/c1-10-3-5-12(7-10)9-13-6-4-11(2)8-13;2-1(3)4;;;/h3-8H,9H2,1-2H3;(H2,2,3,4);2*1H;/q-2;;;;+2/p-2. The summed E-state index contributed by atoms with van der Waals surface area (Å²) >= 11 is 4.69. The zero-order valence-corrected chi connectivity index (χ0v) is 16.8. The Balaban J connectivity index is 0.000000438. The molecule has 0 bridgehead atoms. The van der Waals surface area contributed by atoms with E-state index < -0.39 is 6.16 Å². The Hall–Kier alpha value is 0.0334. The van der Waals surface area contributed by atoms with Crippen LogP contribution in [0, 0.1) is 13.3 Å². The van der Waals surface area contributed by atoms with Gasteiger partial charge >= 0.3 is 55.8 Å². The number of nitrogens with zero attached hydrogens (tertiary/aromatic N) is 4. The summed E-state index contributed by atoms with van der Waals surface area (Å²) in [6.07, 6.45) is 6.34. The second-order valence-corrected chi connectivity index (χ2v) is 16.3. The first-order valence-corrected chi connectivity index (χ1v) is 14.9. The maximum atomic E-state index is 8.56. The molecule has 0 aromatic heterocycles. The summed E-state index contributed by atoms with van der Waals surface area (Å²) in [6.45, 7) is 4.97. The SMILES string of the molecule is CN1C=CN(CN2C=CN(C)[CH-]2)[CH-]1.O=C(O)O.[I][Rh][I]. The first-order chi connectivity index (χ1) is 9.38. The van der Waals surface area contributed by atoms with E-state index in [1.807, 2.05) is 36.3 Å². The van der Waals surface area contributed by atoms with Crippen LogP contribution < -0.4 is 0 Å². The molecule has 0 aromatic carbocycles. The van der Waals surface area contributed by atoms with Gasteiger partial charge in [0.05, 0.1) is 0 Å². The Bertz CT molecular complexity index is 318. The second kappa shape index (κ2) is 11.7. The van der Waals surface area contributed by atoms with Crippen molar-refractivity contribution in [3.63, 3.8) is 0 Å². The number of halogens is 2. The molecule has 0 unspecified atom stereocenters. The molecule has 2 N–H and O–H groups in total. The van der Waals surface area contributed by atoms with Gasteiger partial charge in [0.1, 0.15) is 0 Å². The Kier molecular flexibility index (Phi) is 11.7. The first-order valence-electron chi connectivity index (χ1n) is 5.16. The molecule has 2 rings (SSSR count). The second-order valence-electron chi connectivity index (χ2n) is 3.66. The predicted molar refractivity (Wildman–Crippen MR) is 89.6 cm³/mol. The van der Waals surface area contributed by atoms with Crippen molar-refractivity contribution in [2.45, 2.75) is 0 Å². The third-order valence-electron chi connectivity index (χ3n) is 1.97. The summed E-state index contributed by atoms with van der Waals surface area (Å²) in [5.74, 6) is 0. The van der Waals surface area contributed by atoms with Gasteiger partial charge < -0.3 is 29.8 Å². The number of carbonyl (C=O) groups is 1. The van der Waals surface area contributed by atoms with Gasteiger partial charge in [-0.05, 0) is 38.9 Å². The van der Waals surface area contributed by atoms with Gasteiger partial charge in [-0.15, -0.1) is 0 Å². The van der Waals surface area contributed by atoms with E-state index in [-0.39, 0.29) is 0 Å². The quantitative estimate of drug-likeness (QED) is 0.289. The van der Waals surface area contributed by atoms with Crippen LogP contribution in [0.2, 0.25) is 0 Å². The van der Waals surface area contributed by atoms with Gasteiger partial charge in [-0.2, -0.15) is 13.3 Å². The molecule has 0 saturated carbocycles. The van der Waals surface area contributed by atoms with Gasteiger partial charge in [-0.25, -0.2) is 4.79 Å². The van der Waals surface area contributed by atoms with Crippen molar-refractivity contribution < 1.29 is 25.1 Å². The fourth-order valence-electron chi connectivity index (χ4n) is 1.36. The Labute approximate surface area is 148 Å². The van der Waals surface area contributed by atoms with Gasteiger partial charge in [-0.3, -0.25) is 0 Å². The molecule has 0 saturated heterocycles. The van der Waals surface area contributed by atoms with E-state index in [0.717, 1.165) is 16.8 Å². The van der Waals surface area contributed by atoms with Crippen molar-refractivity contribution in [3.05, 3.63) is 38.1 Å². The van der Waals surface area contributed by atoms with E-state index in [1.54, 1.807) is 0 Å². The van der Waals surface area contributed by atoms with Crippen molar-refractivity contribution in [3.8, 4) is 0 Å². The number of carboxylic acid groups (broad SMARTS) is 2. The zero-order chi connectivity index (χ0) is 15.5. The summed E-state index contributed by atoms with van der Waals surface area (Å²) in [4.78, 5) is 16.9. The molecule has 20 heavy (non-hydrogen) atoms. The molecule has 7 nitrogen and oxygen atoms in total. The van der Waals surface area contributed by atoms with Gasteiger partial charge in [0.25, 0.3) is 0 Å². The molecular formula is C10H16I2N4O3Rh-2. The van der Waals surface area contributed by atoms with E-state index in [9.17, 15) is 0 Å². The van der Waals surface area contributed by atoms with E-state index in [2.05, 4.69) is 75.0 Å². The van der Waals surface area contributed by atoms with Crippen molar-refractivity contribution in [2.75, 3.05) is 20.8 Å². The van der Waals surface area contributed by atoms with Gasteiger partial charge in [-0.1, -0.05) is 0 Å². The zero-order valence-electron chi connectivity index (χ0n) is 10.9. The van der Waals surface area contributed by atoms with Crippen LogP contribution in [0.1, 0.15) is 0 Å². The van der Waals surface area contributed by atoms with E-state index in [1.165, 1.54) is 0 Å². The van der Waals surface area contributed by atoms with Crippen LogP contribution in [0.5, 0.6) is 0 Å². The van der Waals surface area contributed by atoms with Crippen LogP contribution in [0.15, 0.2) is 24.8 Å². The molecular weight excluding hydrogens is 581 g/mol. The van der Waals surface area contributed by atoms with Gasteiger partial charge in [0, 0.05) is 6.67 Å². The average Bonchev–Trinajstić information content (AvgIpc) is 2.89. The van der Waals surface area contributed by atoms with Crippen molar-refractivity contribution in [1.29, 1.82) is 0 Å². The molecule has 0 aromatic rings. The third kappa shape index (κ3) is 10.8. The monoisotopic (exact) mass is 597 g/mol. The van der Waals surface area contributed by atoms with Gasteiger partial charge in [0.15, 0.2) is 0 Å². The van der Waals surface area contributed by atoms with Gasteiger partial charge in [0.2, 0.25) is 0 Å². The molecule has 0 aliphatic carbocycles. The Morgan fingerprint density at radius 2 is 1.35 bits per heavy atom. The summed E-state index contributed by atoms with van der Waals surface area (Å²) in [6, 6.07) is 0. The molecule has 10 heteroatoms. The van der Waals surface area contributed by atoms with E-state index in [0.29, 0.717) is 0 Å². The molecule has 0 radical (unpaired) electrons. The van der Waals surface area contributed by atoms with Crippen LogP contribution in [-0.4, -0.2) is 56.7 Å². The van der Waals surface area contributed by atoms with Crippen molar-refractivity contribution in [2.24, 2.45) is 0 Å². The van der Waals surface area contributed by atoms with E-state index >= 15 is 0 Å². The summed E-state index contributed by atoms with van der Waals surface area (Å²) < 4.78 is 0. The predicted octanol–water partition coefficient (Wildman–Crippen LogP) is 2.61. The maximum absolute atomic E-state index is 8.56. The van der Waals surface area contributed by atoms with Crippen LogP contribution >= 0.6 is 39.5 Å². The van der Waals surface area contributed by atoms with E-state index in [4.69, 9.17) is 15.0 Å². The number of rotatable bonds is 2. The molecule has 2 heterocycles. The third-order valence-corrected chi connectivity index (χ3v) is 1.97. The summed E-state index contributed by atoms with van der Waals surface area (Å²) in [5, 5.41) is 13.9. The minimum atomic E-state index is -1.83. The fraction of sp³-hybridized carbons (Fsp3) is 0.300. The van der Waals surface area contributed by atoms with Crippen LogP contribution in [-0.2, 0) is 10.1 Å². The molecule has 0 spiro atoms. The normalized spacial score (nSPS) is 16.0. The molecule has 2 aliphatic rings. The first kappa shape index (κ1) is 20.0. The molecule has 2 aliphatic heterocycles. The van der Waals surface area contributed by atoms with Crippen LogP contribution in [0.3, 0.4) is 0 Å². The van der Waals surface area contributed by atoms with Crippen LogP contribution in [0.4, 0.5) is 4.79 Å². The molecule has 0 atom stereocenters. The van der Waals surface area contributed by atoms with Crippen LogP contribution in [0.25, 0.3) is 0 Å². The minimum absolute atomic E-state index is 0.770. The number of hydrogen-bond acceptors (Lipinski definition) is 5. The summed E-state index contributed by atoms with van der Waals surface area (Å²) in [7, 11) is 4.81. The van der Waals surface area contributed by atoms with Crippen molar-refractivity contribution in [1.82, 2.24) is 19.6 Å². The molecule has 0 fully saturated rings. The molecule has 0 amide bonds. The molecule has 119 valence electrons. The summed E-state index contributed by atoms with van der Waals surface area (Å²) in [5.41, 5.74) is 0. The number of hydrogen-bond donors (Lipinski definition) is 2. The van der Waals surface area contributed by atoms with Crippen molar-refractivity contribution >= 4 is 45.7 Å². The Morgan fingerprint density at radius 3 is 1.55 bits per heavy atom. The fourth-order valence-corrected chi connectivity index (χ4v) is 1.36. The Morgan fingerprint density at radius 1 is 1.05 bits per heavy atom. The topological polar surface area (TPSA) is 70.5 Å².